The van der Waals surface area contributed by atoms with E-state index >= 15 is 0 Å². The highest BCUT2D eigenvalue weighted by atomic mass is 15.3. The molecule has 0 saturated heterocycles. The van der Waals surface area contributed by atoms with E-state index in [2.05, 4.69) is 20.7 Å². The number of aromatic nitrogens is 2. The van der Waals surface area contributed by atoms with Gasteiger partial charge in [-0.05, 0) is 25.0 Å². The lowest BCUT2D eigenvalue weighted by molar-refractivity contribution is 0.929. The Labute approximate surface area is 105 Å². The van der Waals surface area contributed by atoms with E-state index in [-0.39, 0.29) is 0 Å². The second kappa shape index (κ2) is 4.62. The van der Waals surface area contributed by atoms with Gasteiger partial charge in [-0.15, -0.1) is 0 Å². The van der Waals surface area contributed by atoms with Crippen molar-refractivity contribution in [3.05, 3.63) is 42.2 Å². The zero-order valence-corrected chi connectivity index (χ0v) is 9.93. The van der Waals surface area contributed by atoms with E-state index < -0.39 is 0 Å². The summed E-state index contributed by atoms with van der Waals surface area (Å²) in [5.74, 6) is 8.21. The average Bonchev–Trinajstić information content (AvgIpc) is 3.24. The number of anilines is 3. The molecular weight excluding hydrogens is 226 g/mol. The van der Waals surface area contributed by atoms with Crippen LogP contribution in [-0.2, 0) is 0 Å². The first-order chi connectivity index (χ1) is 8.85. The van der Waals surface area contributed by atoms with Crippen LogP contribution in [0.15, 0.2) is 36.4 Å². The maximum Gasteiger partial charge on any atom is 0.145 e. The van der Waals surface area contributed by atoms with Crippen LogP contribution in [0.3, 0.4) is 0 Å². The standard InChI is InChI=1S/C13H15N5/c14-18-12-8-11(15-10-4-2-1-3-5-10)16-13(17-12)9-6-7-9/h1-5,8-9H,6-7,14H2,(H2,15,16,17,18). The van der Waals surface area contributed by atoms with Crippen molar-refractivity contribution in [1.29, 1.82) is 0 Å². The molecule has 0 amide bonds. The molecule has 1 saturated carbocycles. The second-order valence-electron chi connectivity index (χ2n) is 4.41. The van der Waals surface area contributed by atoms with Crippen molar-refractivity contribution >= 4 is 17.3 Å². The fourth-order valence-corrected chi connectivity index (χ4v) is 1.80. The van der Waals surface area contributed by atoms with Crippen LogP contribution in [0, 0.1) is 0 Å². The molecule has 5 heteroatoms. The van der Waals surface area contributed by atoms with E-state index in [9.17, 15) is 0 Å². The fraction of sp³-hybridized carbons (Fsp3) is 0.231. The van der Waals surface area contributed by atoms with Gasteiger partial charge in [0.2, 0.25) is 0 Å². The van der Waals surface area contributed by atoms with Gasteiger partial charge >= 0.3 is 0 Å². The summed E-state index contributed by atoms with van der Waals surface area (Å²) in [7, 11) is 0. The van der Waals surface area contributed by atoms with E-state index in [1.807, 2.05) is 30.3 Å². The number of para-hydroxylation sites is 1. The minimum atomic E-state index is 0.495. The predicted octanol–water partition coefficient (Wildman–Crippen LogP) is 2.38. The summed E-state index contributed by atoms with van der Waals surface area (Å²) in [6.45, 7) is 0. The van der Waals surface area contributed by atoms with Crippen LogP contribution >= 0.6 is 0 Å². The van der Waals surface area contributed by atoms with E-state index in [4.69, 9.17) is 5.84 Å². The molecule has 1 heterocycles. The molecule has 1 aromatic heterocycles. The molecule has 92 valence electrons. The molecule has 1 aliphatic carbocycles. The van der Waals surface area contributed by atoms with Crippen molar-refractivity contribution in [2.75, 3.05) is 10.7 Å². The number of hydrogen-bond donors (Lipinski definition) is 3. The summed E-state index contributed by atoms with van der Waals surface area (Å²) in [5, 5.41) is 3.26. The highest BCUT2D eigenvalue weighted by Gasteiger charge is 2.27. The van der Waals surface area contributed by atoms with Crippen LogP contribution < -0.4 is 16.6 Å². The Balaban J connectivity index is 1.88. The summed E-state index contributed by atoms with van der Waals surface area (Å²) in [6, 6.07) is 11.7. The zero-order chi connectivity index (χ0) is 12.4. The monoisotopic (exact) mass is 241 g/mol. The molecule has 0 spiro atoms. The number of nitrogens with zero attached hydrogens (tertiary/aromatic N) is 2. The highest BCUT2D eigenvalue weighted by Crippen LogP contribution is 2.38. The van der Waals surface area contributed by atoms with Gasteiger partial charge in [-0.2, -0.15) is 0 Å². The summed E-state index contributed by atoms with van der Waals surface area (Å²) < 4.78 is 0. The van der Waals surface area contributed by atoms with E-state index in [0.29, 0.717) is 11.7 Å². The Morgan fingerprint density at radius 3 is 2.44 bits per heavy atom. The van der Waals surface area contributed by atoms with Gasteiger partial charge in [-0.25, -0.2) is 15.8 Å². The minimum absolute atomic E-state index is 0.495. The Hall–Kier alpha value is -2.14. The third kappa shape index (κ3) is 2.41. The first-order valence-corrected chi connectivity index (χ1v) is 6.03. The van der Waals surface area contributed by atoms with Crippen molar-refractivity contribution in [3.63, 3.8) is 0 Å². The largest absolute Gasteiger partial charge is 0.340 e. The number of rotatable bonds is 4. The van der Waals surface area contributed by atoms with Crippen LogP contribution in [0.4, 0.5) is 17.3 Å². The van der Waals surface area contributed by atoms with Gasteiger partial charge in [-0.3, -0.25) is 0 Å². The summed E-state index contributed by atoms with van der Waals surface area (Å²) in [5.41, 5.74) is 3.59. The number of nitrogen functional groups attached to an aromatic ring is 1. The molecule has 0 atom stereocenters. The van der Waals surface area contributed by atoms with Crippen molar-refractivity contribution in [2.45, 2.75) is 18.8 Å². The third-order valence-corrected chi connectivity index (χ3v) is 2.88. The topological polar surface area (TPSA) is 75.9 Å². The van der Waals surface area contributed by atoms with Crippen LogP contribution in [0.1, 0.15) is 24.6 Å². The van der Waals surface area contributed by atoms with Gasteiger partial charge < -0.3 is 10.7 Å². The molecule has 0 unspecified atom stereocenters. The SMILES string of the molecule is NNc1cc(Nc2ccccc2)nc(C2CC2)n1. The molecule has 4 N–H and O–H groups in total. The van der Waals surface area contributed by atoms with Gasteiger partial charge in [-0.1, -0.05) is 18.2 Å². The Morgan fingerprint density at radius 2 is 1.78 bits per heavy atom. The molecule has 3 rings (SSSR count). The van der Waals surface area contributed by atoms with Gasteiger partial charge in [0.15, 0.2) is 0 Å². The number of hydrogen-bond acceptors (Lipinski definition) is 5. The maximum atomic E-state index is 5.43. The van der Waals surface area contributed by atoms with Crippen LogP contribution in [0.2, 0.25) is 0 Å². The van der Waals surface area contributed by atoms with Crippen molar-refractivity contribution in [1.82, 2.24) is 9.97 Å². The van der Waals surface area contributed by atoms with Gasteiger partial charge in [0.05, 0.1) is 0 Å². The third-order valence-electron chi connectivity index (χ3n) is 2.88. The molecule has 18 heavy (non-hydrogen) atoms. The summed E-state index contributed by atoms with van der Waals surface area (Å²) in [6.07, 6.45) is 2.33. The van der Waals surface area contributed by atoms with Crippen LogP contribution in [0.5, 0.6) is 0 Å². The number of hydrazine groups is 1. The van der Waals surface area contributed by atoms with Crippen molar-refractivity contribution < 1.29 is 0 Å². The lowest BCUT2D eigenvalue weighted by Gasteiger charge is -2.09. The molecule has 1 aromatic carbocycles. The molecule has 2 aromatic rings. The lowest BCUT2D eigenvalue weighted by atomic mass is 10.3. The second-order valence-corrected chi connectivity index (χ2v) is 4.41. The van der Waals surface area contributed by atoms with E-state index in [1.165, 1.54) is 12.8 Å². The van der Waals surface area contributed by atoms with Crippen molar-refractivity contribution in [2.24, 2.45) is 5.84 Å². The van der Waals surface area contributed by atoms with Gasteiger partial charge in [0.1, 0.15) is 17.5 Å². The normalized spacial score (nSPS) is 14.3. The molecule has 0 bridgehead atoms. The summed E-state index contributed by atoms with van der Waals surface area (Å²) >= 11 is 0. The predicted molar refractivity (Wildman–Crippen MR) is 71.5 cm³/mol. The summed E-state index contributed by atoms with van der Waals surface area (Å²) in [4.78, 5) is 8.89. The molecular formula is C13H15N5. The number of nitrogens with two attached hydrogens (primary N) is 1. The molecule has 1 aliphatic rings. The van der Waals surface area contributed by atoms with Crippen LogP contribution in [0.25, 0.3) is 0 Å². The first kappa shape index (κ1) is 11.0. The number of benzene rings is 1. The van der Waals surface area contributed by atoms with Gasteiger partial charge in [0, 0.05) is 17.7 Å². The Bertz CT molecular complexity index is 536. The number of nitrogens with one attached hydrogen (secondary N) is 2. The van der Waals surface area contributed by atoms with Crippen LogP contribution in [-0.4, -0.2) is 9.97 Å². The average molecular weight is 241 g/mol. The smallest absolute Gasteiger partial charge is 0.145 e. The quantitative estimate of drug-likeness (QED) is 0.566. The molecule has 5 nitrogen and oxygen atoms in total. The minimum Gasteiger partial charge on any atom is -0.340 e. The van der Waals surface area contributed by atoms with Gasteiger partial charge in [0.25, 0.3) is 0 Å². The molecule has 0 aliphatic heterocycles. The fourth-order valence-electron chi connectivity index (χ4n) is 1.80. The first-order valence-electron chi connectivity index (χ1n) is 6.03. The van der Waals surface area contributed by atoms with E-state index in [0.717, 1.165) is 17.3 Å². The Morgan fingerprint density at radius 1 is 1.06 bits per heavy atom. The molecule has 1 fully saturated rings. The van der Waals surface area contributed by atoms with E-state index in [1.54, 1.807) is 6.07 Å². The molecule has 0 radical (unpaired) electrons. The maximum absolute atomic E-state index is 5.43. The zero-order valence-electron chi connectivity index (χ0n) is 9.93. The Kier molecular flexibility index (Phi) is 2.82. The van der Waals surface area contributed by atoms with Crippen molar-refractivity contribution in [3.8, 4) is 0 Å². The highest BCUT2D eigenvalue weighted by molar-refractivity contribution is 5.59. The lowest BCUT2D eigenvalue weighted by Crippen LogP contribution is -2.11.